The summed E-state index contributed by atoms with van der Waals surface area (Å²) in [5.41, 5.74) is 5.65. The minimum atomic E-state index is -0.198. The third-order valence-electron chi connectivity index (χ3n) is 3.31. The second kappa shape index (κ2) is 6.87. The maximum absolute atomic E-state index is 11.9. The Morgan fingerprint density at radius 2 is 1.86 bits per heavy atom. The van der Waals surface area contributed by atoms with E-state index in [0.29, 0.717) is 6.61 Å². The number of aromatic nitrogens is 2. The third-order valence-corrected chi connectivity index (χ3v) is 3.31. The van der Waals surface area contributed by atoms with Crippen molar-refractivity contribution in [3.8, 4) is 0 Å². The normalized spacial score (nSPS) is 10.7. The SMILES string of the molecule is O=C(COCCc1ccccc1)Nn1cnc2ccccc21. The van der Waals surface area contributed by atoms with Gasteiger partial charge in [0.1, 0.15) is 12.9 Å². The van der Waals surface area contributed by atoms with Gasteiger partial charge in [-0.1, -0.05) is 42.5 Å². The molecule has 0 fully saturated rings. The Balaban J connectivity index is 1.47. The van der Waals surface area contributed by atoms with E-state index in [-0.39, 0.29) is 12.5 Å². The molecule has 1 heterocycles. The van der Waals surface area contributed by atoms with Crippen LogP contribution in [0.4, 0.5) is 0 Å². The van der Waals surface area contributed by atoms with E-state index < -0.39 is 0 Å². The maximum atomic E-state index is 11.9. The van der Waals surface area contributed by atoms with Crippen molar-refractivity contribution in [1.29, 1.82) is 0 Å². The lowest BCUT2D eigenvalue weighted by Gasteiger charge is -2.08. The number of amides is 1. The predicted molar refractivity (Wildman–Crippen MR) is 85.1 cm³/mol. The van der Waals surface area contributed by atoms with Gasteiger partial charge >= 0.3 is 0 Å². The van der Waals surface area contributed by atoms with E-state index in [0.717, 1.165) is 17.5 Å². The van der Waals surface area contributed by atoms with Crippen LogP contribution in [0.25, 0.3) is 11.0 Å². The first-order valence-corrected chi connectivity index (χ1v) is 7.16. The number of imidazole rings is 1. The van der Waals surface area contributed by atoms with E-state index in [4.69, 9.17) is 4.74 Å². The van der Waals surface area contributed by atoms with Crippen LogP contribution in [0, 0.1) is 0 Å². The molecule has 0 saturated heterocycles. The molecule has 0 saturated carbocycles. The van der Waals surface area contributed by atoms with Gasteiger partial charge in [0.15, 0.2) is 0 Å². The molecule has 3 rings (SSSR count). The zero-order valence-electron chi connectivity index (χ0n) is 12.1. The van der Waals surface area contributed by atoms with Crippen LogP contribution in [-0.2, 0) is 16.0 Å². The van der Waals surface area contributed by atoms with Crippen molar-refractivity contribution < 1.29 is 9.53 Å². The van der Waals surface area contributed by atoms with Crippen molar-refractivity contribution in [2.45, 2.75) is 6.42 Å². The van der Waals surface area contributed by atoms with Gasteiger partial charge in [-0.05, 0) is 24.1 Å². The minimum Gasteiger partial charge on any atom is -0.371 e. The molecule has 22 heavy (non-hydrogen) atoms. The topological polar surface area (TPSA) is 56.1 Å². The number of carbonyl (C=O) groups excluding carboxylic acids is 1. The Labute approximate surface area is 128 Å². The van der Waals surface area contributed by atoms with Gasteiger partial charge in [-0.3, -0.25) is 10.2 Å². The van der Waals surface area contributed by atoms with E-state index >= 15 is 0 Å². The summed E-state index contributed by atoms with van der Waals surface area (Å²) in [5.74, 6) is -0.198. The highest BCUT2D eigenvalue weighted by molar-refractivity contribution is 5.87. The molecule has 0 atom stereocenters. The summed E-state index contributed by atoms with van der Waals surface area (Å²) >= 11 is 0. The second-order valence-electron chi connectivity index (χ2n) is 4.93. The highest BCUT2D eigenvalue weighted by Crippen LogP contribution is 2.09. The van der Waals surface area contributed by atoms with Gasteiger partial charge in [-0.25, -0.2) is 9.66 Å². The summed E-state index contributed by atoms with van der Waals surface area (Å²) < 4.78 is 7.02. The van der Waals surface area contributed by atoms with Gasteiger partial charge in [0.25, 0.3) is 5.91 Å². The first kappa shape index (κ1) is 14.3. The average Bonchev–Trinajstić information content (AvgIpc) is 2.96. The van der Waals surface area contributed by atoms with Crippen molar-refractivity contribution in [2.75, 3.05) is 18.6 Å². The molecule has 112 valence electrons. The van der Waals surface area contributed by atoms with Gasteiger partial charge < -0.3 is 4.74 Å². The summed E-state index contributed by atoms with van der Waals surface area (Å²) in [5, 5.41) is 0. The number of carbonyl (C=O) groups is 1. The van der Waals surface area contributed by atoms with E-state index in [9.17, 15) is 4.79 Å². The van der Waals surface area contributed by atoms with Crippen molar-refractivity contribution in [1.82, 2.24) is 9.66 Å². The molecule has 3 aromatic rings. The molecule has 2 aromatic carbocycles. The van der Waals surface area contributed by atoms with Crippen LogP contribution in [0.2, 0.25) is 0 Å². The second-order valence-corrected chi connectivity index (χ2v) is 4.93. The first-order valence-electron chi connectivity index (χ1n) is 7.16. The molecular weight excluding hydrogens is 278 g/mol. The number of hydrogen-bond acceptors (Lipinski definition) is 3. The van der Waals surface area contributed by atoms with E-state index in [1.807, 2.05) is 54.6 Å². The van der Waals surface area contributed by atoms with Crippen LogP contribution in [0.3, 0.4) is 0 Å². The van der Waals surface area contributed by atoms with Gasteiger partial charge in [0.05, 0.1) is 17.6 Å². The van der Waals surface area contributed by atoms with Crippen LogP contribution in [0.1, 0.15) is 5.56 Å². The molecule has 1 N–H and O–H groups in total. The molecule has 5 nitrogen and oxygen atoms in total. The van der Waals surface area contributed by atoms with Gasteiger partial charge in [0, 0.05) is 0 Å². The lowest BCUT2D eigenvalue weighted by atomic mass is 10.2. The molecule has 0 bridgehead atoms. The Hall–Kier alpha value is -2.66. The monoisotopic (exact) mass is 295 g/mol. The van der Waals surface area contributed by atoms with E-state index in [2.05, 4.69) is 10.4 Å². The minimum absolute atomic E-state index is 0.0271. The van der Waals surface area contributed by atoms with Gasteiger partial charge in [-0.15, -0.1) is 0 Å². The number of rotatable bonds is 6. The Morgan fingerprint density at radius 1 is 1.09 bits per heavy atom. The molecular formula is C17H17N3O2. The number of para-hydroxylation sites is 2. The molecule has 1 aromatic heterocycles. The number of nitrogens with one attached hydrogen (secondary N) is 1. The highest BCUT2D eigenvalue weighted by Gasteiger charge is 2.05. The number of hydrogen-bond donors (Lipinski definition) is 1. The average molecular weight is 295 g/mol. The summed E-state index contributed by atoms with van der Waals surface area (Å²) in [6.07, 6.45) is 2.38. The number of fused-ring (bicyclic) bond motifs is 1. The van der Waals surface area contributed by atoms with Crippen molar-refractivity contribution >= 4 is 16.9 Å². The van der Waals surface area contributed by atoms with E-state index in [1.54, 1.807) is 11.0 Å². The fourth-order valence-electron chi connectivity index (χ4n) is 2.21. The standard InChI is InChI=1S/C17H17N3O2/c21-17(12-22-11-10-14-6-2-1-3-7-14)19-20-13-18-15-8-4-5-9-16(15)20/h1-9,13H,10-12H2,(H,19,21). The van der Waals surface area contributed by atoms with Crippen LogP contribution < -0.4 is 5.43 Å². The fourth-order valence-corrected chi connectivity index (χ4v) is 2.21. The summed E-state index contributed by atoms with van der Waals surface area (Å²) in [6, 6.07) is 17.7. The molecule has 0 aliphatic rings. The van der Waals surface area contributed by atoms with Gasteiger partial charge in [0.2, 0.25) is 0 Å². The first-order chi connectivity index (χ1) is 10.8. The fraction of sp³-hybridized carbons (Fsp3) is 0.176. The zero-order valence-corrected chi connectivity index (χ0v) is 12.1. The third kappa shape index (κ3) is 3.51. The van der Waals surface area contributed by atoms with Crippen LogP contribution in [0.5, 0.6) is 0 Å². The molecule has 0 aliphatic carbocycles. The van der Waals surface area contributed by atoms with Crippen molar-refractivity contribution in [2.24, 2.45) is 0 Å². The molecule has 1 amide bonds. The molecule has 0 spiro atoms. The molecule has 0 radical (unpaired) electrons. The van der Waals surface area contributed by atoms with Crippen LogP contribution in [0.15, 0.2) is 60.9 Å². The highest BCUT2D eigenvalue weighted by atomic mass is 16.5. The quantitative estimate of drug-likeness (QED) is 0.710. The van der Waals surface area contributed by atoms with E-state index in [1.165, 1.54) is 5.56 Å². The summed E-state index contributed by atoms with van der Waals surface area (Å²) in [7, 11) is 0. The predicted octanol–water partition coefficient (Wildman–Crippen LogP) is 2.37. The summed E-state index contributed by atoms with van der Waals surface area (Å²) in [4.78, 5) is 16.1. The number of benzene rings is 2. The summed E-state index contributed by atoms with van der Waals surface area (Å²) in [6.45, 7) is 0.543. The Kier molecular flexibility index (Phi) is 4.46. The van der Waals surface area contributed by atoms with Gasteiger partial charge in [-0.2, -0.15) is 0 Å². The van der Waals surface area contributed by atoms with Crippen LogP contribution >= 0.6 is 0 Å². The Morgan fingerprint density at radius 3 is 2.73 bits per heavy atom. The van der Waals surface area contributed by atoms with Crippen molar-refractivity contribution in [3.63, 3.8) is 0 Å². The van der Waals surface area contributed by atoms with Crippen LogP contribution in [-0.4, -0.2) is 28.8 Å². The zero-order chi connectivity index (χ0) is 15.2. The van der Waals surface area contributed by atoms with Crippen molar-refractivity contribution in [3.05, 3.63) is 66.5 Å². The maximum Gasteiger partial charge on any atom is 0.264 e. The molecule has 0 aliphatic heterocycles. The number of ether oxygens (including phenoxy) is 1. The smallest absolute Gasteiger partial charge is 0.264 e. The molecule has 5 heteroatoms. The Bertz CT molecular complexity index is 753. The molecule has 0 unspecified atom stereocenters. The number of nitrogens with zero attached hydrogens (tertiary/aromatic N) is 2. The largest absolute Gasteiger partial charge is 0.371 e. The lowest BCUT2D eigenvalue weighted by Crippen LogP contribution is -2.26. The lowest BCUT2D eigenvalue weighted by molar-refractivity contribution is -0.121.